The molecule has 1 aromatic carbocycles. The van der Waals surface area contributed by atoms with Gasteiger partial charge in [0.1, 0.15) is 11.5 Å². The first kappa shape index (κ1) is 14.2. The molecule has 2 aromatic heterocycles. The summed E-state index contributed by atoms with van der Waals surface area (Å²) in [6.07, 6.45) is 2.44. The molecular formula is C15H10BrFN2OS. The van der Waals surface area contributed by atoms with Crippen LogP contribution >= 0.6 is 27.3 Å². The second kappa shape index (κ2) is 5.54. The van der Waals surface area contributed by atoms with E-state index in [1.165, 1.54) is 23.5 Å². The molecule has 3 rings (SSSR count). The fourth-order valence-corrected chi connectivity index (χ4v) is 3.60. The molecule has 0 aliphatic carbocycles. The average Bonchev–Trinajstić information content (AvgIpc) is 3.04. The molecule has 0 N–H and O–H groups in total. The van der Waals surface area contributed by atoms with E-state index in [1.807, 2.05) is 10.8 Å². The highest BCUT2D eigenvalue weighted by atomic mass is 79.9. The van der Waals surface area contributed by atoms with Crippen molar-refractivity contribution in [3.05, 3.63) is 56.6 Å². The smallest absolute Gasteiger partial charge is 0.153 e. The van der Waals surface area contributed by atoms with Crippen molar-refractivity contribution in [2.24, 2.45) is 0 Å². The van der Waals surface area contributed by atoms with E-state index in [9.17, 15) is 9.18 Å². The third kappa shape index (κ3) is 2.56. The number of rotatable bonds is 3. The van der Waals surface area contributed by atoms with Gasteiger partial charge in [-0.1, -0.05) is 0 Å². The van der Waals surface area contributed by atoms with Gasteiger partial charge in [-0.05, 0) is 46.6 Å². The number of benzene rings is 1. The molecule has 0 atom stereocenters. The van der Waals surface area contributed by atoms with Crippen LogP contribution in [0.15, 0.2) is 39.6 Å². The number of halogens is 2. The average molecular weight is 365 g/mol. The minimum absolute atomic E-state index is 0.292. The Balaban J connectivity index is 2.16. The Morgan fingerprint density at radius 3 is 2.81 bits per heavy atom. The summed E-state index contributed by atoms with van der Waals surface area (Å²) in [5.74, 6) is -0.292. The van der Waals surface area contributed by atoms with Crippen LogP contribution in [0, 0.1) is 12.7 Å². The molecular weight excluding hydrogens is 355 g/mol. The van der Waals surface area contributed by atoms with Gasteiger partial charge < -0.3 is 0 Å². The molecule has 0 fully saturated rings. The standard InChI is InChI=1S/C15H10BrFN2OS/c1-9-4-11(17)2-3-14(9)19-5-10(6-20)15(18-19)12-7-21-8-13(12)16/h2-8H,1H3. The summed E-state index contributed by atoms with van der Waals surface area (Å²) in [7, 11) is 0. The van der Waals surface area contributed by atoms with E-state index < -0.39 is 0 Å². The van der Waals surface area contributed by atoms with E-state index in [0.717, 1.165) is 27.6 Å². The predicted octanol–water partition coefficient (Wildman–Crippen LogP) is 4.62. The normalized spacial score (nSPS) is 10.8. The predicted molar refractivity (Wildman–Crippen MR) is 84.7 cm³/mol. The van der Waals surface area contributed by atoms with Gasteiger partial charge in [-0.3, -0.25) is 4.79 Å². The van der Waals surface area contributed by atoms with Crippen molar-refractivity contribution >= 4 is 33.6 Å². The minimum Gasteiger partial charge on any atom is -0.298 e. The van der Waals surface area contributed by atoms with Gasteiger partial charge in [0.2, 0.25) is 0 Å². The zero-order valence-corrected chi connectivity index (χ0v) is 13.4. The molecule has 0 radical (unpaired) electrons. The summed E-state index contributed by atoms with van der Waals surface area (Å²) in [6, 6.07) is 4.47. The highest BCUT2D eigenvalue weighted by molar-refractivity contribution is 9.10. The van der Waals surface area contributed by atoms with Gasteiger partial charge in [0.15, 0.2) is 6.29 Å². The van der Waals surface area contributed by atoms with Crippen molar-refractivity contribution in [1.82, 2.24) is 9.78 Å². The van der Waals surface area contributed by atoms with Gasteiger partial charge >= 0.3 is 0 Å². The summed E-state index contributed by atoms with van der Waals surface area (Å²) in [6.45, 7) is 1.81. The molecule has 2 heterocycles. The van der Waals surface area contributed by atoms with Gasteiger partial charge in [0.25, 0.3) is 0 Å². The van der Waals surface area contributed by atoms with E-state index in [1.54, 1.807) is 23.9 Å². The van der Waals surface area contributed by atoms with Crippen LogP contribution in [0.4, 0.5) is 4.39 Å². The molecule has 0 bridgehead atoms. The lowest BCUT2D eigenvalue weighted by atomic mass is 10.2. The number of carbonyl (C=O) groups excluding carboxylic acids is 1. The SMILES string of the molecule is Cc1cc(F)ccc1-n1cc(C=O)c(-c2cscc2Br)n1. The third-order valence-electron chi connectivity index (χ3n) is 3.14. The second-order valence-corrected chi connectivity index (χ2v) is 6.16. The Morgan fingerprint density at radius 2 is 2.19 bits per heavy atom. The molecule has 3 nitrogen and oxygen atoms in total. The van der Waals surface area contributed by atoms with E-state index in [-0.39, 0.29) is 5.82 Å². The Labute approximate surface area is 133 Å². The maximum Gasteiger partial charge on any atom is 0.153 e. The fraction of sp³-hybridized carbons (Fsp3) is 0.0667. The third-order valence-corrected chi connectivity index (χ3v) is 4.85. The maximum absolute atomic E-state index is 13.2. The first-order chi connectivity index (χ1) is 10.1. The van der Waals surface area contributed by atoms with E-state index >= 15 is 0 Å². The number of hydrogen-bond acceptors (Lipinski definition) is 3. The molecule has 0 aliphatic heterocycles. The Kier molecular flexibility index (Phi) is 3.73. The van der Waals surface area contributed by atoms with Gasteiger partial charge in [-0.25, -0.2) is 9.07 Å². The molecule has 0 amide bonds. The summed E-state index contributed by atoms with van der Waals surface area (Å²) in [4.78, 5) is 11.3. The number of carbonyl (C=O) groups is 1. The number of hydrogen-bond donors (Lipinski definition) is 0. The van der Waals surface area contributed by atoms with Crippen molar-refractivity contribution in [2.45, 2.75) is 6.92 Å². The first-order valence-electron chi connectivity index (χ1n) is 6.13. The Hall–Kier alpha value is -1.79. The molecule has 0 aliphatic rings. The summed E-state index contributed by atoms with van der Waals surface area (Å²) in [5.41, 5.74) is 3.49. The molecule has 0 saturated carbocycles. The lowest BCUT2D eigenvalue weighted by molar-refractivity contribution is 0.112. The topological polar surface area (TPSA) is 34.9 Å². The molecule has 0 saturated heterocycles. The highest BCUT2D eigenvalue weighted by Crippen LogP contribution is 2.33. The number of aldehydes is 1. The summed E-state index contributed by atoms with van der Waals surface area (Å²) >= 11 is 4.98. The monoisotopic (exact) mass is 364 g/mol. The maximum atomic E-state index is 13.2. The summed E-state index contributed by atoms with van der Waals surface area (Å²) < 4.78 is 15.7. The quantitative estimate of drug-likeness (QED) is 0.635. The molecule has 3 aromatic rings. The lowest BCUT2D eigenvalue weighted by Gasteiger charge is -2.05. The lowest BCUT2D eigenvalue weighted by Crippen LogP contribution is -1.98. The zero-order valence-electron chi connectivity index (χ0n) is 11.0. The molecule has 106 valence electrons. The van der Waals surface area contributed by atoms with Crippen LogP contribution in [0.25, 0.3) is 16.9 Å². The molecule has 0 unspecified atom stereocenters. The van der Waals surface area contributed by atoms with Crippen molar-refractivity contribution < 1.29 is 9.18 Å². The van der Waals surface area contributed by atoms with Gasteiger partial charge in [0.05, 0.1) is 11.3 Å². The largest absolute Gasteiger partial charge is 0.298 e. The fourth-order valence-electron chi connectivity index (χ4n) is 2.13. The van der Waals surface area contributed by atoms with Crippen molar-refractivity contribution in [3.63, 3.8) is 0 Å². The van der Waals surface area contributed by atoms with Crippen LogP contribution in [0.2, 0.25) is 0 Å². The Bertz CT molecular complexity index is 825. The van der Waals surface area contributed by atoms with E-state index in [4.69, 9.17) is 0 Å². The minimum atomic E-state index is -0.292. The first-order valence-corrected chi connectivity index (χ1v) is 7.87. The molecule has 6 heteroatoms. The second-order valence-electron chi connectivity index (χ2n) is 4.56. The number of aromatic nitrogens is 2. The van der Waals surface area contributed by atoms with Crippen LogP contribution in [0.5, 0.6) is 0 Å². The zero-order chi connectivity index (χ0) is 15.0. The highest BCUT2D eigenvalue weighted by Gasteiger charge is 2.15. The van der Waals surface area contributed by atoms with Crippen LogP contribution < -0.4 is 0 Å². The van der Waals surface area contributed by atoms with Crippen LogP contribution in [0.3, 0.4) is 0 Å². The molecule has 21 heavy (non-hydrogen) atoms. The van der Waals surface area contributed by atoms with Crippen molar-refractivity contribution in [2.75, 3.05) is 0 Å². The number of thiophene rings is 1. The van der Waals surface area contributed by atoms with E-state index in [2.05, 4.69) is 21.0 Å². The number of nitrogens with zero attached hydrogens (tertiary/aromatic N) is 2. The van der Waals surface area contributed by atoms with Crippen LogP contribution in [-0.2, 0) is 0 Å². The van der Waals surface area contributed by atoms with Gasteiger partial charge in [0, 0.05) is 27.0 Å². The van der Waals surface area contributed by atoms with Crippen LogP contribution in [-0.4, -0.2) is 16.1 Å². The number of aryl methyl sites for hydroxylation is 1. The van der Waals surface area contributed by atoms with Gasteiger partial charge in [-0.2, -0.15) is 16.4 Å². The van der Waals surface area contributed by atoms with Gasteiger partial charge in [-0.15, -0.1) is 0 Å². The molecule has 0 spiro atoms. The van der Waals surface area contributed by atoms with Crippen molar-refractivity contribution in [3.8, 4) is 16.9 Å². The van der Waals surface area contributed by atoms with Crippen LogP contribution in [0.1, 0.15) is 15.9 Å². The Morgan fingerprint density at radius 1 is 1.38 bits per heavy atom. The van der Waals surface area contributed by atoms with Crippen molar-refractivity contribution in [1.29, 1.82) is 0 Å². The summed E-state index contributed by atoms with van der Waals surface area (Å²) in [5, 5.41) is 8.35. The van der Waals surface area contributed by atoms with E-state index in [0.29, 0.717) is 11.3 Å².